The highest BCUT2D eigenvalue weighted by atomic mass is 16.3. The molecule has 0 aliphatic rings. The Labute approximate surface area is 138 Å². The quantitative estimate of drug-likeness (QED) is 0.732. The minimum atomic E-state index is -0.515. The average molecular weight is 314 g/mol. The Balaban J connectivity index is 5.31. The third kappa shape index (κ3) is 4.71. The maximum absolute atomic E-state index is 12.6. The van der Waals surface area contributed by atoms with Gasteiger partial charge < -0.3 is 10.4 Å². The number of carbonyl (C=O) groups is 1. The van der Waals surface area contributed by atoms with Crippen LogP contribution in [0.25, 0.3) is 0 Å². The molecule has 0 heterocycles. The molecule has 0 fully saturated rings. The summed E-state index contributed by atoms with van der Waals surface area (Å²) < 4.78 is 0. The molecule has 2 N–H and O–H groups in total. The van der Waals surface area contributed by atoms with Gasteiger partial charge in [0.25, 0.3) is 0 Å². The highest BCUT2D eigenvalue weighted by molar-refractivity contribution is 5.82. The fourth-order valence-electron chi connectivity index (χ4n) is 2.89. The molecule has 3 heteroatoms. The molecule has 0 aliphatic heterocycles. The number of aliphatic hydroxyl groups excluding tert-OH is 1. The van der Waals surface area contributed by atoms with Gasteiger partial charge in [-0.2, -0.15) is 0 Å². The Hall–Kier alpha value is -0.570. The maximum atomic E-state index is 12.6. The topological polar surface area (TPSA) is 49.3 Å². The molecule has 0 radical (unpaired) electrons. The normalized spacial score (nSPS) is 17.8. The molecule has 0 aromatic heterocycles. The van der Waals surface area contributed by atoms with E-state index in [0.29, 0.717) is 6.54 Å². The summed E-state index contributed by atoms with van der Waals surface area (Å²) in [6.45, 7) is 21.8. The molecule has 0 rings (SSSR count). The first kappa shape index (κ1) is 21.4. The minimum Gasteiger partial charge on any atom is -0.392 e. The van der Waals surface area contributed by atoms with Crippen LogP contribution in [0.4, 0.5) is 0 Å². The molecule has 0 aromatic rings. The van der Waals surface area contributed by atoms with Crippen molar-refractivity contribution in [1.29, 1.82) is 0 Å². The molecule has 0 bridgehead atoms. The van der Waals surface area contributed by atoms with Crippen LogP contribution in [0.1, 0.15) is 82.1 Å². The Morgan fingerprint density at radius 1 is 1.05 bits per heavy atom. The highest BCUT2D eigenvalue weighted by Gasteiger charge is 2.49. The van der Waals surface area contributed by atoms with E-state index in [-0.39, 0.29) is 22.2 Å². The first-order valence-electron chi connectivity index (χ1n) is 8.57. The minimum absolute atomic E-state index is 0.0192. The zero-order valence-electron chi connectivity index (χ0n) is 16.6. The van der Waals surface area contributed by atoms with Gasteiger partial charge in [-0.25, -0.2) is 0 Å². The van der Waals surface area contributed by atoms with Crippen LogP contribution < -0.4 is 5.32 Å². The fourth-order valence-corrected chi connectivity index (χ4v) is 2.89. The zero-order chi connectivity index (χ0) is 18.0. The lowest BCUT2D eigenvalue weighted by Crippen LogP contribution is -2.50. The van der Waals surface area contributed by atoms with E-state index in [9.17, 15) is 9.90 Å². The van der Waals surface area contributed by atoms with E-state index < -0.39 is 11.5 Å². The smallest absolute Gasteiger partial charge is 0.226 e. The molecule has 0 aliphatic carbocycles. The third-order valence-corrected chi connectivity index (χ3v) is 6.24. The second kappa shape index (κ2) is 6.90. The van der Waals surface area contributed by atoms with Crippen molar-refractivity contribution in [1.82, 2.24) is 5.32 Å². The van der Waals surface area contributed by atoms with Gasteiger partial charge in [-0.1, -0.05) is 68.7 Å². The summed E-state index contributed by atoms with van der Waals surface area (Å²) in [5, 5.41) is 12.3. The summed E-state index contributed by atoms with van der Waals surface area (Å²) in [5.74, 6) is 0.0192. The zero-order valence-corrected chi connectivity index (χ0v) is 16.6. The standard InChI is InChI=1S/C19H39NO2/c1-11-19(10,16(3,4)5)13-17(6,7)18(8,9)15(22)20-12-14(2)21/h14,21H,11-13H2,1-10H3,(H,20,22). The van der Waals surface area contributed by atoms with Crippen molar-refractivity contribution in [2.24, 2.45) is 21.7 Å². The Morgan fingerprint density at radius 3 is 1.82 bits per heavy atom. The lowest BCUT2D eigenvalue weighted by Gasteiger charge is -2.50. The SMILES string of the molecule is CCC(C)(CC(C)(C)C(C)(C)C(=O)NCC(C)O)C(C)(C)C. The van der Waals surface area contributed by atoms with E-state index in [4.69, 9.17) is 0 Å². The Kier molecular flexibility index (Phi) is 6.72. The van der Waals surface area contributed by atoms with Gasteiger partial charge >= 0.3 is 0 Å². The predicted octanol–water partition coefficient (Wildman–Crippen LogP) is 4.39. The number of amides is 1. The van der Waals surface area contributed by atoms with Gasteiger partial charge in [0, 0.05) is 12.0 Å². The highest BCUT2D eigenvalue weighted by Crippen LogP contribution is 2.54. The molecule has 0 spiro atoms. The lowest BCUT2D eigenvalue weighted by atomic mass is 9.54. The van der Waals surface area contributed by atoms with Gasteiger partial charge in [-0.05, 0) is 29.6 Å². The summed E-state index contributed by atoms with van der Waals surface area (Å²) in [5.41, 5.74) is -0.291. The monoisotopic (exact) mass is 313 g/mol. The molecule has 2 unspecified atom stereocenters. The van der Waals surface area contributed by atoms with Crippen molar-refractivity contribution >= 4 is 5.91 Å². The lowest BCUT2D eigenvalue weighted by molar-refractivity contribution is -0.138. The van der Waals surface area contributed by atoms with Crippen LogP contribution in [0.5, 0.6) is 0 Å². The number of hydrogen-bond acceptors (Lipinski definition) is 2. The Bertz CT molecular complexity index is 377. The molecule has 132 valence electrons. The largest absolute Gasteiger partial charge is 0.392 e. The van der Waals surface area contributed by atoms with Crippen molar-refractivity contribution in [3.8, 4) is 0 Å². The van der Waals surface area contributed by atoms with Crippen molar-refractivity contribution in [2.45, 2.75) is 88.2 Å². The summed E-state index contributed by atoms with van der Waals surface area (Å²) in [7, 11) is 0. The summed E-state index contributed by atoms with van der Waals surface area (Å²) in [6, 6.07) is 0. The van der Waals surface area contributed by atoms with Crippen LogP contribution in [0.2, 0.25) is 0 Å². The van der Waals surface area contributed by atoms with Crippen molar-refractivity contribution in [2.75, 3.05) is 6.54 Å². The molecule has 0 aromatic carbocycles. The molecule has 0 saturated heterocycles. The number of nitrogens with one attached hydrogen (secondary N) is 1. The van der Waals surface area contributed by atoms with Crippen LogP contribution in [0.3, 0.4) is 0 Å². The van der Waals surface area contributed by atoms with E-state index in [1.807, 2.05) is 13.8 Å². The summed E-state index contributed by atoms with van der Waals surface area (Å²) in [6.07, 6.45) is 1.55. The van der Waals surface area contributed by atoms with Crippen LogP contribution in [0, 0.1) is 21.7 Å². The van der Waals surface area contributed by atoms with E-state index in [0.717, 1.165) is 12.8 Å². The van der Waals surface area contributed by atoms with Gasteiger partial charge in [0.05, 0.1) is 6.10 Å². The van der Waals surface area contributed by atoms with Crippen molar-refractivity contribution in [3.05, 3.63) is 0 Å². The van der Waals surface area contributed by atoms with Crippen LogP contribution in [-0.2, 0) is 4.79 Å². The number of aliphatic hydroxyl groups is 1. The molecule has 22 heavy (non-hydrogen) atoms. The van der Waals surface area contributed by atoms with Gasteiger partial charge in [0.2, 0.25) is 5.91 Å². The molecule has 0 saturated carbocycles. The second-order valence-corrected chi connectivity index (χ2v) is 9.41. The van der Waals surface area contributed by atoms with Gasteiger partial charge in [0.15, 0.2) is 0 Å². The average Bonchev–Trinajstić information content (AvgIpc) is 2.33. The summed E-state index contributed by atoms with van der Waals surface area (Å²) in [4.78, 5) is 12.6. The van der Waals surface area contributed by atoms with E-state index in [1.165, 1.54) is 0 Å². The predicted molar refractivity (Wildman–Crippen MR) is 94.7 cm³/mol. The second-order valence-electron chi connectivity index (χ2n) is 9.41. The van der Waals surface area contributed by atoms with Gasteiger partial charge in [-0.3, -0.25) is 4.79 Å². The molecular formula is C19H39NO2. The van der Waals surface area contributed by atoms with Gasteiger partial charge in [-0.15, -0.1) is 0 Å². The fraction of sp³-hybridized carbons (Fsp3) is 0.947. The number of rotatable bonds is 7. The van der Waals surface area contributed by atoms with Crippen LogP contribution >= 0.6 is 0 Å². The van der Waals surface area contributed by atoms with Crippen LogP contribution in [-0.4, -0.2) is 23.7 Å². The first-order valence-corrected chi connectivity index (χ1v) is 8.57. The molecule has 3 nitrogen and oxygen atoms in total. The van der Waals surface area contributed by atoms with E-state index in [1.54, 1.807) is 6.92 Å². The Morgan fingerprint density at radius 2 is 1.50 bits per heavy atom. The third-order valence-electron chi connectivity index (χ3n) is 6.24. The maximum Gasteiger partial charge on any atom is 0.226 e. The van der Waals surface area contributed by atoms with Gasteiger partial charge in [0.1, 0.15) is 0 Å². The number of carbonyl (C=O) groups excluding carboxylic acids is 1. The molecule has 2 atom stereocenters. The summed E-state index contributed by atoms with van der Waals surface area (Å²) >= 11 is 0. The first-order chi connectivity index (χ1) is 9.60. The van der Waals surface area contributed by atoms with Crippen LogP contribution in [0.15, 0.2) is 0 Å². The van der Waals surface area contributed by atoms with E-state index in [2.05, 4.69) is 53.8 Å². The molecule has 1 amide bonds. The van der Waals surface area contributed by atoms with Crippen molar-refractivity contribution < 1.29 is 9.90 Å². The number of hydrogen-bond donors (Lipinski definition) is 2. The molecular weight excluding hydrogens is 274 g/mol. The van der Waals surface area contributed by atoms with E-state index >= 15 is 0 Å². The van der Waals surface area contributed by atoms with Crippen molar-refractivity contribution in [3.63, 3.8) is 0 Å².